The average molecular weight is 366 g/mol. The number of carboxylic acid groups (broad SMARTS) is 1. The first kappa shape index (κ1) is 17.4. The van der Waals surface area contributed by atoms with Gasteiger partial charge in [-0.25, -0.2) is 4.98 Å². The van der Waals surface area contributed by atoms with Crippen molar-refractivity contribution in [1.82, 2.24) is 4.98 Å². The highest BCUT2D eigenvalue weighted by atomic mass is 16.5. The van der Waals surface area contributed by atoms with Crippen LogP contribution in [0, 0.1) is 5.41 Å². The smallest absolute Gasteiger partial charge is 0.311 e. The van der Waals surface area contributed by atoms with E-state index in [1.165, 1.54) is 0 Å². The number of fused-ring (bicyclic) bond motifs is 1. The van der Waals surface area contributed by atoms with Crippen molar-refractivity contribution in [2.45, 2.75) is 19.3 Å². The minimum absolute atomic E-state index is 0.414. The predicted molar refractivity (Wildman–Crippen MR) is 102 cm³/mol. The number of carbonyl (C=O) groups is 1. The molecule has 0 aliphatic carbocycles. The second kappa shape index (κ2) is 6.95. The number of pyridine rings is 1. The molecule has 1 N–H and O–H groups in total. The van der Waals surface area contributed by atoms with E-state index in [2.05, 4.69) is 9.88 Å². The maximum Gasteiger partial charge on any atom is 0.311 e. The third kappa shape index (κ3) is 3.23. The fourth-order valence-corrected chi connectivity index (χ4v) is 4.01. The molecule has 1 atom stereocenters. The highest BCUT2D eigenvalue weighted by molar-refractivity contribution is 5.89. The van der Waals surface area contributed by atoms with Crippen LogP contribution in [0.4, 0.5) is 5.82 Å². The number of methoxy groups -OCH3 is 1. The topological polar surface area (TPSA) is 75.8 Å². The highest BCUT2D eigenvalue weighted by Gasteiger charge is 2.43. The first-order valence-corrected chi connectivity index (χ1v) is 9.05. The molecule has 0 spiro atoms. The lowest BCUT2D eigenvalue weighted by molar-refractivity contribution is -0.149. The summed E-state index contributed by atoms with van der Waals surface area (Å²) in [5, 5.41) is 11.0. The zero-order valence-electron chi connectivity index (χ0n) is 15.2. The van der Waals surface area contributed by atoms with Gasteiger partial charge in [0.25, 0.3) is 0 Å². The van der Waals surface area contributed by atoms with Crippen molar-refractivity contribution in [3.05, 3.63) is 54.4 Å². The Morgan fingerprint density at radius 2 is 2.26 bits per heavy atom. The number of piperidine rings is 1. The lowest BCUT2D eigenvalue weighted by atomic mass is 9.75. The molecule has 2 aromatic heterocycles. The molecule has 1 aliphatic heterocycles. The highest BCUT2D eigenvalue weighted by Crippen LogP contribution is 2.38. The molecule has 6 heteroatoms. The van der Waals surface area contributed by atoms with Crippen LogP contribution in [-0.4, -0.2) is 36.3 Å². The van der Waals surface area contributed by atoms with Gasteiger partial charge in [0.05, 0.1) is 24.2 Å². The van der Waals surface area contributed by atoms with E-state index in [0.717, 1.165) is 41.1 Å². The summed E-state index contributed by atoms with van der Waals surface area (Å²) in [5.74, 6) is 0.761. The molecule has 1 unspecified atom stereocenters. The van der Waals surface area contributed by atoms with Crippen LogP contribution >= 0.6 is 0 Å². The maximum absolute atomic E-state index is 12.3. The summed E-state index contributed by atoms with van der Waals surface area (Å²) in [6.07, 6.45) is 5.24. The molecule has 6 nitrogen and oxygen atoms in total. The van der Waals surface area contributed by atoms with Gasteiger partial charge >= 0.3 is 5.97 Å². The first-order chi connectivity index (χ1) is 13.1. The zero-order chi connectivity index (χ0) is 18.9. The summed E-state index contributed by atoms with van der Waals surface area (Å²) >= 11 is 0. The summed E-state index contributed by atoms with van der Waals surface area (Å²) in [6, 6.07) is 11.4. The van der Waals surface area contributed by atoms with Crippen molar-refractivity contribution >= 4 is 22.8 Å². The van der Waals surface area contributed by atoms with Crippen molar-refractivity contribution in [3.8, 4) is 5.75 Å². The van der Waals surface area contributed by atoms with E-state index in [4.69, 9.17) is 9.15 Å². The van der Waals surface area contributed by atoms with E-state index in [9.17, 15) is 9.90 Å². The number of hydrogen-bond acceptors (Lipinski definition) is 5. The number of nitrogens with zero attached hydrogens (tertiary/aromatic N) is 2. The standard InChI is InChI=1S/C21H22N2O4/c1-26-16-5-2-4-15(12-16)13-21(20(24)25)8-3-10-23(14-21)19-17-7-11-27-18(17)6-9-22-19/h2,4-7,9,11-12H,3,8,10,13-14H2,1H3,(H,24,25). The molecule has 1 saturated heterocycles. The summed E-state index contributed by atoms with van der Waals surface area (Å²) in [7, 11) is 1.62. The van der Waals surface area contributed by atoms with Crippen molar-refractivity contribution in [2.75, 3.05) is 25.1 Å². The largest absolute Gasteiger partial charge is 0.497 e. The maximum atomic E-state index is 12.3. The van der Waals surface area contributed by atoms with Gasteiger partial charge in [-0.2, -0.15) is 0 Å². The minimum Gasteiger partial charge on any atom is -0.497 e. The third-order valence-corrected chi connectivity index (χ3v) is 5.37. The molecule has 1 fully saturated rings. The van der Waals surface area contributed by atoms with Crippen LogP contribution in [0.1, 0.15) is 18.4 Å². The van der Waals surface area contributed by atoms with Gasteiger partial charge in [-0.05, 0) is 49.1 Å². The minimum atomic E-state index is -0.863. The van der Waals surface area contributed by atoms with Crippen LogP contribution in [0.15, 0.2) is 53.3 Å². The summed E-state index contributed by atoms with van der Waals surface area (Å²) < 4.78 is 10.8. The molecule has 0 bridgehead atoms. The predicted octanol–water partition coefficient (Wildman–Crippen LogP) is 3.75. The Morgan fingerprint density at radius 3 is 3.07 bits per heavy atom. The molecular weight excluding hydrogens is 344 g/mol. The fourth-order valence-electron chi connectivity index (χ4n) is 4.01. The molecule has 27 heavy (non-hydrogen) atoms. The number of aliphatic carboxylic acids is 1. The van der Waals surface area contributed by atoms with Crippen molar-refractivity contribution < 1.29 is 19.1 Å². The number of carboxylic acids is 1. The second-order valence-electron chi connectivity index (χ2n) is 7.11. The van der Waals surface area contributed by atoms with Gasteiger partial charge in [-0.1, -0.05) is 12.1 Å². The Kier molecular flexibility index (Phi) is 4.48. The van der Waals surface area contributed by atoms with Gasteiger partial charge in [0.2, 0.25) is 0 Å². The van der Waals surface area contributed by atoms with Crippen molar-refractivity contribution in [2.24, 2.45) is 5.41 Å². The van der Waals surface area contributed by atoms with Gasteiger partial charge < -0.3 is 19.2 Å². The van der Waals surface area contributed by atoms with Crippen LogP contribution in [0.3, 0.4) is 0 Å². The molecular formula is C21H22N2O4. The summed E-state index contributed by atoms with van der Waals surface area (Å²) in [6.45, 7) is 1.20. The van der Waals surface area contributed by atoms with Crippen LogP contribution < -0.4 is 9.64 Å². The first-order valence-electron chi connectivity index (χ1n) is 9.05. The van der Waals surface area contributed by atoms with Crippen LogP contribution in [0.2, 0.25) is 0 Å². The number of ether oxygens (including phenoxy) is 1. The number of furan rings is 1. The van der Waals surface area contributed by atoms with E-state index in [1.807, 2.05) is 36.4 Å². The molecule has 140 valence electrons. The Bertz CT molecular complexity index is 967. The van der Waals surface area contributed by atoms with Gasteiger partial charge in [-0.3, -0.25) is 4.79 Å². The fraction of sp³-hybridized carbons (Fsp3) is 0.333. The SMILES string of the molecule is COc1cccc(CC2(C(=O)O)CCCN(c3nccc4occc34)C2)c1. The normalized spacial score (nSPS) is 20.0. The Hall–Kier alpha value is -3.02. The number of benzene rings is 1. The molecule has 3 heterocycles. The van der Waals surface area contributed by atoms with E-state index in [0.29, 0.717) is 19.4 Å². The van der Waals surface area contributed by atoms with E-state index >= 15 is 0 Å². The lowest BCUT2D eigenvalue weighted by Crippen LogP contribution is -2.49. The zero-order valence-corrected chi connectivity index (χ0v) is 15.2. The van der Waals surface area contributed by atoms with Crippen LogP contribution in [-0.2, 0) is 11.2 Å². The van der Waals surface area contributed by atoms with Crippen molar-refractivity contribution in [1.29, 1.82) is 0 Å². The number of anilines is 1. The van der Waals surface area contributed by atoms with Gasteiger partial charge in [0.1, 0.15) is 17.2 Å². The van der Waals surface area contributed by atoms with E-state index in [-0.39, 0.29) is 0 Å². The molecule has 4 rings (SSSR count). The monoisotopic (exact) mass is 366 g/mol. The number of rotatable bonds is 5. The molecule has 0 saturated carbocycles. The third-order valence-electron chi connectivity index (χ3n) is 5.37. The molecule has 0 radical (unpaired) electrons. The van der Waals surface area contributed by atoms with Gasteiger partial charge in [0, 0.05) is 19.3 Å². The molecule has 1 aromatic carbocycles. The van der Waals surface area contributed by atoms with Crippen molar-refractivity contribution in [3.63, 3.8) is 0 Å². The Morgan fingerprint density at radius 1 is 1.37 bits per heavy atom. The molecule has 0 amide bonds. The molecule has 3 aromatic rings. The quantitative estimate of drug-likeness (QED) is 0.741. The summed E-state index contributed by atoms with van der Waals surface area (Å²) in [5.41, 5.74) is 0.866. The summed E-state index contributed by atoms with van der Waals surface area (Å²) in [4.78, 5) is 18.9. The van der Waals surface area contributed by atoms with Crippen LogP contribution in [0.5, 0.6) is 5.75 Å². The van der Waals surface area contributed by atoms with Crippen LogP contribution in [0.25, 0.3) is 11.0 Å². The van der Waals surface area contributed by atoms with E-state index in [1.54, 1.807) is 19.6 Å². The van der Waals surface area contributed by atoms with Gasteiger partial charge in [0.15, 0.2) is 0 Å². The molecule has 1 aliphatic rings. The lowest BCUT2D eigenvalue weighted by Gasteiger charge is -2.40. The number of aromatic nitrogens is 1. The Labute approximate surface area is 157 Å². The number of hydrogen-bond donors (Lipinski definition) is 1. The Balaban J connectivity index is 1.66. The van der Waals surface area contributed by atoms with Gasteiger partial charge in [-0.15, -0.1) is 0 Å². The average Bonchev–Trinajstić information content (AvgIpc) is 3.17. The van der Waals surface area contributed by atoms with E-state index < -0.39 is 11.4 Å². The second-order valence-corrected chi connectivity index (χ2v) is 7.11.